The molecule has 0 radical (unpaired) electrons. The average molecular weight is 419 g/mol. The lowest BCUT2D eigenvalue weighted by Gasteiger charge is -2.26. The van der Waals surface area contributed by atoms with Crippen molar-refractivity contribution in [2.75, 3.05) is 13.2 Å². The van der Waals surface area contributed by atoms with Crippen molar-refractivity contribution in [3.63, 3.8) is 0 Å². The van der Waals surface area contributed by atoms with Crippen LogP contribution in [0.1, 0.15) is 116 Å². The summed E-state index contributed by atoms with van der Waals surface area (Å²) in [6, 6.07) is 4.04. The average Bonchev–Trinajstić information content (AvgIpc) is 2.73. The van der Waals surface area contributed by atoms with Crippen LogP contribution in [-0.4, -0.2) is 19.5 Å². The van der Waals surface area contributed by atoms with Gasteiger partial charge in [-0.25, -0.2) is 0 Å². The standard InChI is InChI=1S/C27H46O3/c1-8-12-14-21(10-3)19-29-25-17-16-24(27(5,6)7)23(18-28)26(25)30-20-22(11-4)15-13-9-2/h16-18,21-22H,8-15,19-20H2,1-7H3. The minimum Gasteiger partial charge on any atom is -0.489 e. The Kier molecular flexibility index (Phi) is 12.1. The van der Waals surface area contributed by atoms with Crippen LogP contribution in [0.25, 0.3) is 0 Å². The normalized spacial score (nSPS) is 13.7. The SMILES string of the molecule is CCCCC(CC)COc1ccc(C(C)(C)C)c(C=O)c1OCC(CC)CCCC. The number of carbonyl (C=O) groups is 1. The van der Waals surface area contributed by atoms with E-state index in [1.54, 1.807) is 0 Å². The van der Waals surface area contributed by atoms with Gasteiger partial charge in [0.15, 0.2) is 17.8 Å². The highest BCUT2D eigenvalue weighted by molar-refractivity contribution is 5.84. The van der Waals surface area contributed by atoms with Gasteiger partial charge in [-0.1, -0.05) is 93.1 Å². The van der Waals surface area contributed by atoms with Crippen molar-refractivity contribution < 1.29 is 14.3 Å². The summed E-state index contributed by atoms with van der Waals surface area (Å²) >= 11 is 0. The second kappa shape index (κ2) is 13.7. The summed E-state index contributed by atoms with van der Waals surface area (Å²) in [5.41, 5.74) is 1.53. The van der Waals surface area contributed by atoms with Gasteiger partial charge in [0.1, 0.15) is 0 Å². The zero-order chi connectivity index (χ0) is 22.6. The zero-order valence-electron chi connectivity index (χ0n) is 20.7. The molecule has 0 bridgehead atoms. The second-order valence-corrected chi connectivity index (χ2v) is 9.68. The van der Waals surface area contributed by atoms with Crippen LogP contribution < -0.4 is 9.47 Å². The van der Waals surface area contributed by atoms with Gasteiger partial charge >= 0.3 is 0 Å². The summed E-state index contributed by atoms with van der Waals surface area (Å²) in [5.74, 6) is 2.39. The molecular formula is C27H46O3. The van der Waals surface area contributed by atoms with Crippen molar-refractivity contribution in [2.45, 2.75) is 105 Å². The Labute approximate surface area is 185 Å². The van der Waals surface area contributed by atoms with E-state index in [-0.39, 0.29) is 5.41 Å². The first-order valence-corrected chi connectivity index (χ1v) is 12.2. The largest absolute Gasteiger partial charge is 0.489 e. The van der Waals surface area contributed by atoms with Crippen LogP contribution in [0.15, 0.2) is 12.1 Å². The minimum absolute atomic E-state index is 0.133. The number of unbranched alkanes of at least 4 members (excludes halogenated alkanes) is 2. The summed E-state index contributed by atoms with van der Waals surface area (Å²) in [7, 11) is 0. The van der Waals surface area contributed by atoms with E-state index in [1.165, 1.54) is 32.1 Å². The molecule has 0 aliphatic heterocycles. The van der Waals surface area contributed by atoms with Gasteiger partial charge in [-0.3, -0.25) is 4.79 Å². The van der Waals surface area contributed by atoms with Gasteiger partial charge in [-0.2, -0.15) is 0 Å². The fourth-order valence-corrected chi connectivity index (χ4v) is 3.82. The van der Waals surface area contributed by atoms with Gasteiger partial charge in [0.2, 0.25) is 0 Å². The molecule has 0 heterocycles. The molecule has 2 unspecified atom stereocenters. The van der Waals surface area contributed by atoms with Crippen molar-refractivity contribution in [3.8, 4) is 11.5 Å². The number of rotatable bonds is 15. The molecule has 0 saturated heterocycles. The Morgan fingerprint density at radius 2 is 1.40 bits per heavy atom. The van der Waals surface area contributed by atoms with Crippen LogP contribution in [0, 0.1) is 11.8 Å². The predicted molar refractivity (Wildman–Crippen MR) is 128 cm³/mol. The van der Waals surface area contributed by atoms with Gasteiger partial charge in [0.25, 0.3) is 0 Å². The summed E-state index contributed by atoms with van der Waals surface area (Å²) in [6.45, 7) is 16.6. The number of hydrogen-bond acceptors (Lipinski definition) is 3. The first-order chi connectivity index (χ1) is 14.3. The Morgan fingerprint density at radius 3 is 1.83 bits per heavy atom. The van der Waals surface area contributed by atoms with Crippen molar-refractivity contribution in [2.24, 2.45) is 11.8 Å². The minimum atomic E-state index is -0.133. The van der Waals surface area contributed by atoms with Gasteiger partial charge in [0, 0.05) is 0 Å². The Balaban J connectivity index is 3.15. The van der Waals surface area contributed by atoms with Crippen LogP contribution >= 0.6 is 0 Å². The molecule has 1 rings (SSSR count). The third-order valence-corrected chi connectivity index (χ3v) is 6.11. The van der Waals surface area contributed by atoms with Crippen LogP contribution in [0.5, 0.6) is 11.5 Å². The van der Waals surface area contributed by atoms with Crippen LogP contribution in [0.3, 0.4) is 0 Å². The lowest BCUT2D eigenvalue weighted by Crippen LogP contribution is -2.19. The Morgan fingerprint density at radius 1 is 0.867 bits per heavy atom. The monoisotopic (exact) mass is 418 g/mol. The predicted octanol–water partition coefficient (Wildman–Crippen LogP) is 7.99. The number of carbonyl (C=O) groups excluding carboxylic acids is 1. The van der Waals surface area contributed by atoms with Crippen LogP contribution in [0.4, 0.5) is 0 Å². The molecule has 0 aliphatic carbocycles. The molecule has 1 aromatic carbocycles. The van der Waals surface area contributed by atoms with Gasteiger partial charge in [-0.05, 0) is 41.7 Å². The first kappa shape index (κ1) is 26.5. The highest BCUT2D eigenvalue weighted by Gasteiger charge is 2.24. The summed E-state index contributed by atoms with van der Waals surface area (Å²) in [4.78, 5) is 12.1. The van der Waals surface area contributed by atoms with E-state index in [4.69, 9.17) is 9.47 Å². The number of ether oxygens (including phenoxy) is 2. The molecule has 0 N–H and O–H groups in total. The molecule has 3 nitrogen and oxygen atoms in total. The molecule has 172 valence electrons. The molecule has 30 heavy (non-hydrogen) atoms. The summed E-state index contributed by atoms with van der Waals surface area (Å²) < 4.78 is 12.6. The quantitative estimate of drug-likeness (QED) is 0.271. The van der Waals surface area contributed by atoms with Crippen LogP contribution in [-0.2, 0) is 5.41 Å². The topological polar surface area (TPSA) is 35.5 Å². The van der Waals surface area contributed by atoms with Gasteiger partial charge in [0.05, 0.1) is 18.8 Å². The molecule has 2 atom stereocenters. The van der Waals surface area contributed by atoms with E-state index < -0.39 is 0 Å². The zero-order valence-corrected chi connectivity index (χ0v) is 20.7. The van der Waals surface area contributed by atoms with E-state index in [2.05, 4.69) is 48.5 Å². The van der Waals surface area contributed by atoms with E-state index >= 15 is 0 Å². The van der Waals surface area contributed by atoms with Crippen molar-refractivity contribution >= 4 is 6.29 Å². The van der Waals surface area contributed by atoms with E-state index in [0.717, 1.165) is 31.1 Å². The van der Waals surface area contributed by atoms with E-state index in [1.807, 2.05) is 12.1 Å². The molecule has 0 spiro atoms. The smallest absolute Gasteiger partial charge is 0.171 e. The number of benzene rings is 1. The highest BCUT2D eigenvalue weighted by Crippen LogP contribution is 2.38. The first-order valence-electron chi connectivity index (χ1n) is 12.2. The molecular weight excluding hydrogens is 372 g/mol. The maximum atomic E-state index is 12.1. The van der Waals surface area contributed by atoms with Crippen molar-refractivity contribution in [1.29, 1.82) is 0 Å². The molecule has 0 saturated carbocycles. The fourth-order valence-electron chi connectivity index (χ4n) is 3.82. The Bertz CT molecular complexity index is 615. The third-order valence-electron chi connectivity index (χ3n) is 6.11. The van der Waals surface area contributed by atoms with Crippen LogP contribution in [0.2, 0.25) is 0 Å². The summed E-state index contributed by atoms with van der Waals surface area (Å²) in [5, 5.41) is 0. The summed E-state index contributed by atoms with van der Waals surface area (Å²) in [6.07, 6.45) is 10.3. The number of aldehydes is 1. The lowest BCUT2D eigenvalue weighted by molar-refractivity contribution is 0.111. The maximum Gasteiger partial charge on any atom is 0.171 e. The van der Waals surface area contributed by atoms with Crippen molar-refractivity contribution in [1.82, 2.24) is 0 Å². The highest BCUT2D eigenvalue weighted by atomic mass is 16.5. The maximum absolute atomic E-state index is 12.1. The van der Waals surface area contributed by atoms with E-state index in [0.29, 0.717) is 42.1 Å². The third kappa shape index (κ3) is 8.32. The Hall–Kier alpha value is -1.51. The van der Waals surface area contributed by atoms with Crippen molar-refractivity contribution in [3.05, 3.63) is 23.3 Å². The molecule has 0 aromatic heterocycles. The van der Waals surface area contributed by atoms with E-state index in [9.17, 15) is 4.79 Å². The van der Waals surface area contributed by atoms with Gasteiger partial charge < -0.3 is 9.47 Å². The fraction of sp³-hybridized carbons (Fsp3) is 0.741. The molecule has 0 amide bonds. The molecule has 1 aromatic rings. The molecule has 0 aliphatic rings. The molecule has 0 fully saturated rings. The number of hydrogen-bond donors (Lipinski definition) is 0. The lowest BCUT2D eigenvalue weighted by atomic mass is 9.83. The molecule has 3 heteroatoms. The van der Waals surface area contributed by atoms with Gasteiger partial charge in [-0.15, -0.1) is 0 Å². The second-order valence-electron chi connectivity index (χ2n) is 9.68.